The molecule has 82 valence electrons. The zero-order chi connectivity index (χ0) is 11.4. The van der Waals surface area contributed by atoms with Crippen LogP contribution in [-0.2, 0) is 9.53 Å². The SMILES string of the molecule is CCOC(=O)C(O)c1ccc(Br)cc1C. The molecule has 1 atom stereocenters. The Morgan fingerprint density at radius 3 is 2.80 bits per heavy atom. The van der Waals surface area contributed by atoms with Gasteiger partial charge in [0.15, 0.2) is 6.10 Å². The van der Waals surface area contributed by atoms with Crippen LogP contribution in [0.25, 0.3) is 0 Å². The molecule has 15 heavy (non-hydrogen) atoms. The number of ether oxygens (including phenoxy) is 1. The summed E-state index contributed by atoms with van der Waals surface area (Å²) in [5, 5.41) is 9.70. The van der Waals surface area contributed by atoms with Crippen LogP contribution in [0.5, 0.6) is 0 Å². The van der Waals surface area contributed by atoms with Crippen molar-refractivity contribution in [2.75, 3.05) is 6.61 Å². The maximum atomic E-state index is 11.3. The van der Waals surface area contributed by atoms with E-state index >= 15 is 0 Å². The largest absolute Gasteiger partial charge is 0.464 e. The average Bonchev–Trinajstić information content (AvgIpc) is 2.17. The molecule has 0 saturated carbocycles. The molecule has 0 bridgehead atoms. The number of carbonyl (C=O) groups is 1. The van der Waals surface area contributed by atoms with E-state index in [1.165, 1.54) is 0 Å². The summed E-state index contributed by atoms with van der Waals surface area (Å²) in [5.74, 6) is -0.608. The van der Waals surface area contributed by atoms with Crippen molar-refractivity contribution in [3.8, 4) is 0 Å². The molecule has 0 saturated heterocycles. The minimum Gasteiger partial charge on any atom is -0.464 e. The van der Waals surface area contributed by atoms with Crippen LogP contribution in [0, 0.1) is 6.92 Å². The van der Waals surface area contributed by atoms with E-state index in [1.54, 1.807) is 19.1 Å². The van der Waals surface area contributed by atoms with Crippen LogP contribution in [-0.4, -0.2) is 17.7 Å². The van der Waals surface area contributed by atoms with E-state index in [4.69, 9.17) is 4.74 Å². The van der Waals surface area contributed by atoms with E-state index in [0.29, 0.717) is 5.56 Å². The van der Waals surface area contributed by atoms with E-state index in [1.807, 2.05) is 13.0 Å². The van der Waals surface area contributed by atoms with Crippen LogP contribution >= 0.6 is 15.9 Å². The maximum absolute atomic E-state index is 11.3. The van der Waals surface area contributed by atoms with Gasteiger partial charge in [-0.2, -0.15) is 0 Å². The van der Waals surface area contributed by atoms with Gasteiger partial charge in [0, 0.05) is 4.47 Å². The molecule has 1 N–H and O–H groups in total. The number of benzene rings is 1. The molecule has 1 rings (SSSR count). The van der Waals surface area contributed by atoms with Crippen LogP contribution in [0.2, 0.25) is 0 Å². The Morgan fingerprint density at radius 1 is 1.60 bits per heavy atom. The predicted molar refractivity (Wildman–Crippen MR) is 60.5 cm³/mol. The van der Waals surface area contributed by atoms with Gasteiger partial charge < -0.3 is 9.84 Å². The molecule has 0 aromatic heterocycles. The van der Waals surface area contributed by atoms with Crippen molar-refractivity contribution in [3.05, 3.63) is 33.8 Å². The molecular formula is C11H13BrO3. The normalized spacial score (nSPS) is 12.3. The van der Waals surface area contributed by atoms with Crippen molar-refractivity contribution in [1.82, 2.24) is 0 Å². The zero-order valence-corrected chi connectivity index (χ0v) is 10.2. The monoisotopic (exact) mass is 272 g/mol. The first kappa shape index (κ1) is 12.2. The Bertz CT molecular complexity index is 363. The second-order valence-corrected chi connectivity index (χ2v) is 4.07. The van der Waals surface area contributed by atoms with Crippen LogP contribution < -0.4 is 0 Å². The van der Waals surface area contributed by atoms with Gasteiger partial charge in [0.2, 0.25) is 0 Å². The Morgan fingerprint density at radius 2 is 2.27 bits per heavy atom. The van der Waals surface area contributed by atoms with Crippen molar-refractivity contribution >= 4 is 21.9 Å². The molecule has 0 heterocycles. The summed E-state index contributed by atoms with van der Waals surface area (Å²) < 4.78 is 5.66. The van der Waals surface area contributed by atoms with Crippen molar-refractivity contribution in [3.63, 3.8) is 0 Å². The smallest absolute Gasteiger partial charge is 0.339 e. The second kappa shape index (κ2) is 5.28. The third-order valence-electron chi connectivity index (χ3n) is 2.04. The number of halogens is 1. The Hall–Kier alpha value is -0.870. The lowest BCUT2D eigenvalue weighted by Gasteiger charge is -2.12. The number of carbonyl (C=O) groups excluding carboxylic acids is 1. The van der Waals surface area contributed by atoms with Crippen LogP contribution in [0.3, 0.4) is 0 Å². The van der Waals surface area contributed by atoms with E-state index in [9.17, 15) is 9.90 Å². The van der Waals surface area contributed by atoms with Crippen molar-refractivity contribution < 1.29 is 14.6 Å². The Labute approximate surface area is 97.2 Å². The lowest BCUT2D eigenvalue weighted by atomic mass is 10.0. The molecule has 0 aliphatic carbocycles. The van der Waals surface area contributed by atoms with Crippen molar-refractivity contribution in [2.45, 2.75) is 20.0 Å². The van der Waals surface area contributed by atoms with E-state index in [2.05, 4.69) is 15.9 Å². The van der Waals surface area contributed by atoms with Crippen LogP contribution in [0.1, 0.15) is 24.2 Å². The molecule has 0 aliphatic heterocycles. The lowest BCUT2D eigenvalue weighted by molar-refractivity contribution is -0.153. The molecule has 3 nitrogen and oxygen atoms in total. The van der Waals surface area contributed by atoms with Gasteiger partial charge in [-0.05, 0) is 37.1 Å². The number of hydrogen-bond acceptors (Lipinski definition) is 3. The molecule has 0 spiro atoms. The molecular weight excluding hydrogens is 260 g/mol. The highest BCUT2D eigenvalue weighted by molar-refractivity contribution is 9.10. The summed E-state index contributed by atoms with van der Waals surface area (Å²) in [6.07, 6.45) is -1.20. The van der Waals surface area contributed by atoms with Gasteiger partial charge in [0.05, 0.1) is 6.61 Å². The zero-order valence-electron chi connectivity index (χ0n) is 8.66. The molecule has 1 aromatic carbocycles. The highest BCUT2D eigenvalue weighted by atomic mass is 79.9. The van der Waals surface area contributed by atoms with Gasteiger partial charge in [-0.15, -0.1) is 0 Å². The van der Waals surface area contributed by atoms with Gasteiger partial charge in [-0.3, -0.25) is 0 Å². The highest BCUT2D eigenvalue weighted by Gasteiger charge is 2.20. The summed E-state index contributed by atoms with van der Waals surface area (Å²) in [6.45, 7) is 3.81. The van der Waals surface area contributed by atoms with Crippen molar-refractivity contribution in [2.24, 2.45) is 0 Å². The molecule has 1 aromatic rings. The van der Waals surface area contributed by atoms with E-state index in [-0.39, 0.29) is 6.61 Å². The summed E-state index contributed by atoms with van der Waals surface area (Å²) in [6, 6.07) is 5.34. The molecule has 0 aliphatic rings. The quantitative estimate of drug-likeness (QED) is 0.860. The maximum Gasteiger partial charge on any atom is 0.339 e. The fourth-order valence-electron chi connectivity index (χ4n) is 1.29. The van der Waals surface area contributed by atoms with Gasteiger partial charge in [-0.25, -0.2) is 4.79 Å². The topological polar surface area (TPSA) is 46.5 Å². The van der Waals surface area contributed by atoms with E-state index < -0.39 is 12.1 Å². The van der Waals surface area contributed by atoms with Gasteiger partial charge in [0.25, 0.3) is 0 Å². The lowest BCUT2D eigenvalue weighted by Crippen LogP contribution is -2.16. The highest BCUT2D eigenvalue weighted by Crippen LogP contribution is 2.22. The molecule has 0 amide bonds. The molecule has 0 fully saturated rings. The minimum atomic E-state index is -1.20. The van der Waals surface area contributed by atoms with Crippen LogP contribution in [0.15, 0.2) is 22.7 Å². The summed E-state index contributed by atoms with van der Waals surface area (Å²) in [4.78, 5) is 11.3. The summed E-state index contributed by atoms with van der Waals surface area (Å²) in [5.41, 5.74) is 1.43. The third kappa shape index (κ3) is 3.04. The third-order valence-corrected chi connectivity index (χ3v) is 2.53. The van der Waals surface area contributed by atoms with Gasteiger partial charge >= 0.3 is 5.97 Å². The van der Waals surface area contributed by atoms with Crippen LogP contribution in [0.4, 0.5) is 0 Å². The number of aliphatic hydroxyl groups excluding tert-OH is 1. The molecule has 0 radical (unpaired) electrons. The summed E-state index contributed by atoms with van der Waals surface area (Å²) in [7, 11) is 0. The fourth-order valence-corrected chi connectivity index (χ4v) is 1.77. The second-order valence-electron chi connectivity index (χ2n) is 3.16. The van der Waals surface area contributed by atoms with Gasteiger partial charge in [-0.1, -0.05) is 22.0 Å². The minimum absolute atomic E-state index is 0.269. The first-order valence-corrected chi connectivity index (χ1v) is 5.46. The predicted octanol–water partition coefficient (Wildman–Crippen LogP) is 2.35. The van der Waals surface area contributed by atoms with Crippen molar-refractivity contribution in [1.29, 1.82) is 0 Å². The fraction of sp³-hybridized carbons (Fsp3) is 0.364. The number of hydrogen-bond donors (Lipinski definition) is 1. The number of aliphatic hydroxyl groups is 1. The summed E-state index contributed by atoms with van der Waals surface area (Å²) >= 11 is 3.32. The van der Waals surface area contributed by atoms with E-state index in [0.717, 1.165) is 10.0 Å². The number of rotatable bonds is 3. The Balaban J connectivity index is 2.91. The standard InChI is InChI=1S/C11H13BrO3/c1-3-15-11(14)10(13)9-5-4-8(12)6-7(9)2/h4-6,10,13H,3H2,1-2H3. The Kier molecular flexibility index (Phi) is 4.29. The van der Waals surface area contributed by atoms with Gasteiger partial charge in [0.1, 0.15) is 0 Å². The number of aryl methyl sites for hydroxylation is 1. The average molecular weight is 273 g/mol. The first-order valence-electron chi connectivity index (χ1n) is 4.67. The number of esters is 1. The molecule has 1 unspecified atom stereocenters. The molecule has 4 heteroatoms. The first-order chi connectivity index (χ1) is 7.06.